The number of hydrazine groups is 1. The summed E-state index contributed by atoms with van der Waals surface area (Å²) in [6.45, 7) is 3.25. The summed E-state index contributed by atoms with van der Waals surface area (Å²) >= 11 is 0. The summed E-state index contributed by atoms with van der Waals surface area (Å²) in [5.41, 5.74) is 2.65. The SMILES string of the molecule is CC1CCC(CN=C(NN)NC2CC2)C1. The number of guanidine groups is 1. The molecule has 86 valence electrons. The van der Waals surface area contributed by atoms with Crippen LogP contribution in [-0.2, 0) is 0 Å². The molecule has 0 aromatic carbocycles. The van der Waals surface area contributed by atoms with Gasteiger partial charge >= 0.3 is 0 Å². The van der Waals surface area contributed by atoms with Crippen molar-refractivity contribution in [3.63, 3.8) is 0 Å². The molecule has 0 saturated heterocycles. The second-order valence-electron chi connectivity index (χ2n) is 5.04. The van der Waals surface area contributed by atoms with E-state index in [9.17, 15) is 0 Å². The summed E-state index contributed by atoms with van der Waals surface area (Å²) in [6.07, 6.45) is 6.51. The standard InChI is InChI=1S/C11H22N4/c1-8-2-3-9(6-8)7-13-11(15-12)14-10-4-5-10/h8-10H,2-7,12H2,1H3,(H2,13,14,15). The summed E-state index contributed by atoms with van der Waals surface area (Å²) in [5, 5.41) is 3.29. The van der Waals surface area contributed by atoms with Gasteiger partial charge in [-0.2, -0.15) is 0 Å². The molecule has 2 aliphatic rings. The molecule has 2 saturated carbocycles. The minimum absolute atomic E-state index is 0.613. The van der Waals surface area contributed by atoms with Crippen LogP contribution < -0.4 is 16.6 Å². The summed E-state index contributed by atoms with van der Waals surface area (Å²) in [5.74, 6) is 7.85. The van der Waals surface area contributed by atoms with Gasteiger partial charge in [-0.15, -0.1) is 0 Å². The molecule has 4 heteroatoms. The first kappa shape index (κ1) is 10.7. The number of rotatable bonds is 3. The topological polar surface area (TPSA) is 62.4 Å². The van der Waals surface area contributed by atoms with Crippen LogP contribution >= 0.6 is 0 Å². The zero-order valence-corrected chi connectivity index (χ0v) is 9.50. The largest absolute Gasteiger partial charge is 0.353 e. The van der Waals surface area contributed by atoms with Gasteiger partial charge in [-0.25, -0.2) is 5.84 Å². The van der Waals surface area contributed by atoms with Gasteiger partial charge in [-0.05, 0) is 37.5 Å². The van der Waals surface area contributed by atoms with Crippen molar-refractivity contribution in [1.29, 1.82) is 0 Å². The lowest BCUT2D eigenvalue weighted by molar-refractivity contribution is 0.524. The molecule has 2 unspecified atom stereocenters. The Morgan fingerprint density at radius 1 is 1.33 bits per heavy atom. The van der Waals surface area contributed by atoms with Gasteiger partial charge < -0.3 is 5.32 Å². The van der Waals surface area contributed by atoms with E-state index in [0.29, 0.717) is 6.04 Å². The second-order valence-corrected chi connectivity index (χ2v) is 5.04. The van der Waals surface area contributed by atoms with Crippen LogP contribution in [0.2, 0.25) is 0 Å². The van der Waals surface area contributed by atoms with Crippen LogP contribution in [0.3, 0.4) is 0 Å². The number of nitrogens with two attached hydrogens (primary N) is 1. The molecule has 2 atom stereocenters. The molecule has 2 fully saturated rings. The van der Waals surface area contributed by atoms with Gasteiger partial charge in [0.25, 0.3) is 0 Å². The third-order valence-electron chi connectivity index (χ3n) is 3.37. The summed E-state index contributed by atoms with van der Waals surface area (Å²) in [6, 6.07) is 0.613. The minimum atomic E-state index is 0.613. The number of nitrogens with one attached hydrogen (secondary N) is 2. The molecule has 0 bridgehead atoms. The number of hydrogen-bond donors (Lipinski definition) is 3. The zero-order valence-electron chi connectivity index (χ0n) is 9.50. The Bertz CT molecular complexity index is 235. The maximum absolute atomic E-state index is 5.42. The van der Waals surface area contributed by atoms with Crippen LogP contribution in [0.5, 0.6) is 0 Å². The average molecular weight is 210 g/mol. The summed E-state index contributed by atoms with van der Waals surface area (Å²) in [7, 11) is 0. The Labute approximate surface area is 91.7 Å². The van der Waals surface area contributed by atoms with Crippen LogP contribution in [0.1, 0.15) is 39.0 Å². The monoisotopic (exact) mass is 210 g/mol. The molecule has 2 aliphatic carbocycles. The van der Waals surface area contributed by atoms with Gasteiger partial charge in [-0.3, -0.25) is 10.4 Å². The zero-order chi connectivity index (χ0) is 10.7. The van der Waals surface area contributed by atoms with E-state index in [0.717, 1.165) is 24.3 Å². The molecule has 0 aromatic rings. The number of hydrogen-bond acceptors (Lipinski definition) is 2. The van der Waals surface area contributed by atoms with Crippen molar-refractivity contribution in [2.24, 2.45) is 22.7 Å². The van der Waals surface area contributed by atoms with Crippen molar-refractivity contribution >= 4 is 5.96 Å². The summed E-state index contributed by atoms with van der Waals surface area (Å²) < 4.78 is 0. The smallest absolute Gasteiger partial charge is 0.205 e. The lowest BCUT2D eigenvalue weighted by Crippen LogP contribution is -2.42. The first-order valence-electron chi connectivity index (χ1n) is 6.05. The minimum Gasteiger partial charge on any atom is -0.353 e. The highest BCUT2D eigenvalue weighted by Crippen LogP contribution is 2.30. The number of aliphatic imine (C=N–C) groups is 1. The summed E-state index contributed by atoms with van der Waals surface area (Å²) in [4.78, 5) is 4.51. The molecule has 0 heterocycles. The Morgan fingerprint density at radius 2 is 2.13 bits per heavy atom. The van der Waals surface area contributed by atoms with Gasteiger partial charge in [0.15, 0.2) is 0 Å². The Kier molecular flexibility index (Phi) is 3.46. The molecule has 0 aliphatic heterocycles. The van der Waals surface area contributed by atoms with Crippen LogP contribution in [0.15, 0.2) is 4.99 Å². The highest BCUT2D eigenvalue weighted by Gasteiger charge is 2.23. The average Bonchev–Trinajstić information content (AvgIpc) is 2.95. The number of nitrogens with zero attached hydrogens (tertiary/aromatic N) is 1. The molecule has 0 radical (unpaired) electrons. The molecular weight excluding hydrogens is 188 g/mol. The fraction of sp³-hybridized carbons (Fsp3) is 0.909. The Balaban J connectivity index is 1.74. The third-order valence-corrected chi connectivity index (χ3v) is 3.37. The normalized spacial score (nSPS) is 31.7. The maximum Gasteiger partial charge on any atom is 0.205 e. The van der Waals surface area contributed by atoms with Crippen molar-refractivity contribution in [3.05, 3.63) is 0 Å². The molecule has 2 rings (SSSR count). The first-order valence-corrected chi connectivity index (χ1v) is 6.05. The van der Waals surface area contributed by atoms with Crippen LogP contribution in [-0.4, -0.2) is 18.5 Å². The molecule has 4 N–H and O–H groups in total. The van der Waals surface area contributed by atoms with Crippen molar-refractivity contribution in [2.45, 2.75) is 45.1 Å². The van der Waals surface area contributed by atoms with E-state index >= 15 is 0 Å². The van der Waals surface area contributed by atoms with E-state index < -0.39 is 0 Å². The molecule has 0 spiro atoms. The highest BCUT2D eigenvalue weighted by molar-refractivity contribution is 5.79. The Hall–Kier alpha value is -0.770. The second kappa shape index (κ2) is 4.84. The van der Waals surface area contributed by atoms with E-state index in [1.165, 1.54) is 32.1 Å². The highest BCUT2D eigenvalue weighted by atomic mass is 15.3. The molecule has 0 aromatic heterocycles. The van der Waals surface area contributed by atoms with Crippen molar-refractivity contribution in [2.75, 3.05) is 6.54 Å². The van der Waals surface area contributed by atoms with E-state index in [-0.39, 0.29) is 0 Å². The van der Waals surface area contributed by atoms with Crippen LogP contribution in [0.25, 0.3) is 0 Å². The molecule has 15 heavy (non-hydrogen) atoms. The third kappa shape index (κ3) is 3.38. The van der Waals surface area contributed by atoms with E-state index in [2.05, 4.69) is 22.7 Å². The van der Waals surface area contributed by atoms with Gasteiger partial charge in [0.1, 0.15) is 0 Å². The molecular formula is C11H22N4. The van der Waals surface area contributed by atoms with Crippen molar-refractivity contribution < 1.29 is 0 Å². The van der Waals surface area contributed by atoms with Crippen molar-refractivity contribution in [1.82, 2.24) is 10.7 Å². The van der Waals surface area contributed by atoms with E-state index in [4.69, 9.17) is 5.84 Å². The molecule has 4 nitrogen and oxygen atoms in total. The van der Waals surface area contributed by atoms with E-state index in [1.807, 2.05) is 0 Å². The maximum atomic E-state index is 5.42. The Morgan fingerprint density at radius 3 is 2.67 bits per heavy atom. The van der Waals surface area contributed by atoms with Gasteiger partial charge in [0.05, 0.1) is 0 Å². The lowest BCUT2D eigenvalue weighted by Gasteiger charge is -2.10. The quantitative estimate of drug-likeness (QED) is 0.282. The first-order chi connectivity index (χ1) is 7.28. The predicted octanol–water partition coefficient (Wildman–Crippen LogP) is 0.994. The van der Waals surface area contributed by atoms with E-state index in [1.54, 1.807) is 0 Å². The van der Waals surface area contributed by atoms with Gasteiger partial charge in [0.2, 0.25) is 5.96 Å². The molecule has 0 amide bonds. The van der Waals surface area contributed by atoms with Crippen LogP contribution in [0.4, 0.5) is 0 Å². The van der Waals surface area contributed by atoms with Crippen LogP contribution in [0, 0.1) is 11.8 Å². The van der Waals surface area contributed by atoms with Gasteiger partial charge in [-0.1, -0.05) is 13.3 Å². The van der Waals surface area contributed by atoms with Gasteiger partial charge in [0, 0.05) is 12.6 Å². The lowest BCUT2D eigenvalue weighted by atomic mass is 10.1. The van der Waals surface area contributed by atoms with Crippen molar-refractivity contribution in [3.8, 4) is 0 Å². The fourth-order valence-corrected chi connectivity index (χ4v) is 2.27. The fourth-order valence-electron chi connectivity index (χ4n) is 2.27. The predicted molar refractivity (Wildman–Crippen MR) is 62.3 cm³/mol.